The number of piperazine rings is 1. The maximum Gasteiger partial charge on any atom is 0.162 e. The summed E-state index contributed by atoms with van der Waals surface area (Å²) in [4.78, 5) is 15.4. The van der Waals surface area contributed by atoms with E-state index in [0.717, 1.165) is 48.7 Å². The van der Waals surface area contributed by atoms with Gasteiger partial charge in [0.1, 0.15) is 11.6 Å². The van der Waals surface area contributed by atoms with Crippen molar-refractivity contribution in [1.82, 2.24) is 14.9 Å². The van der Waals surface area contributed by atoms with Crippen molar-refractivity contribution in [1.29, 1.82) is 0 Å². The maximum absolute atomic E-state index is 5.67. The van der Waals surface area contributed by atoms with Crippen LogP contribution in [0.15, 0.2) is 72.8 Å². The van der Waals surface area contributed by atoms with E-state index in [1.54, 1.807) is 14.2 Å². The molecular weight excluding hydrogens is 484 g/mol. The summed E-state index contributed by atoms with van der Waals surface area (Å²) in [5.74, 6) is 3.86. The van der Waals surface area contributed by atoms with Gasteiger partial charge in [0.25, 0.3) is 0 Å². The molecule has 6 heteroatoms. The zero-order chi connectivity index (χ0) is 26.6. The predicted molar refractivity (Wildman–Crippen MR) is 157 cm³/mol. The average molecular weight is 523 g/mol. The Bertz CT molecular complexity index is 1340. The molecule has 0 radical (unpaired) electrons. The van der Waals surface area contributed by atoms with E-state index >= 15 is 0 Å². The molecule has 6 rings (SSSR count). The normalized spacial score (nSPS) is 17.1. The summed E-state index contributed by atoms with van der Waals surface area (Å²) in [6.07, 6.45) is 6.16. The molecule has 1 aliphatic heterocycles. The maximum atomic E-state index is 5.67. The summed E-state index contributed by atoms with van der Waals surface area (Å²) in [6, 6.07) is 26.1. The molecule has 2 heterocycles. The van der Waals surface area contributed by atoms with Crippen LogP contribution >= 0.6 is 0 Å². The van der Waals surface area contributed by atoms with Crippen molar-refractivity contribution in [3.8, 4) is 11.5 Å². The van der Waals surface area contributed by atoms with Crippen molar-refractivity contribution in [3.05, 3.63) is 89.7 Å². The van der Waals surface area contributed by atoms with E-state index in [9.17, 15) is 0 Å². The van der Waals surface area contributed by atoms with Crippen LogP contribution in [0.5, 0.6) is 11.5 Å². The van der Waals surface area contributed by atoms with Gasteiger partial charge in [-0.1, -0.05) is 79.9 Å². The first-order valence-electron chi connectivity index (χ1n) is 14.3. The van der Waals surface area contributed by atoms with Crippen LogP contribution in [0.25, 0.3) is 10.9 Å². The van der Waals surface area contributed by atoms with Crippen LogP contribution in [0.3, 0.4) is 0 Å². The molecule has 0 atom stereocenters. The van der Waals surface area contributed by atoms with E-state index in [0.29, 0.717) is 17.4 Å². The van der Waals surface area contributed by atoms with Crippen molar-refractivity contribution in [2.24, 2.45) is 0 Å². The minimum absolute atomic E-state index is 0.235. The molecule has 0 bridgehead atoms. The van der Waals surface area contributed by atoms with Crippen LogP contribution in [0, 0.1) is 0 Å². The highest BCUT2D eigenvalue weighted by atomic mass is 16.5. The summed E-state index contributed by atoms with van der Waals surface area (Å²) in [5.41, 5.74) is 3.61. The van der Waals surface area contributed by atoms with Gasteiger partial charge in [-0.25, -0.2) is 9.97 Å². The summed E-state index contributed by atoms with van der Waals surface area (Å²) in [6.45, 7) is 3.71. The quantitative estimate of drug-likeness (QED) is 0.272. The second kappa shape index (κ2) is 11.6. The average Bonchev–Trinajstić information content (AvgIpc) is 3.02. The number of fused-ring (bicyclic) bond motifs is 1. The number of ether oxygens (including phenoxy) is 2. The number of aromatic nitrogens is 2. The zero-order valence-electron chi connectivity index (χ0n) is 23.1. The number of methoxy groups -OCH3 is 2. The van der Waals surface area contributed by atoms with Gasteiger partial charge in [0.05, 0.1) is 25.8 Å². The van der Waals surface area contributed by atoms with Crippen LogP contribution in [-0.4, -0.2) is 55.3 Å². The standard InChI is InChI=1S/C33H38N4O2/c1-38-29-22-27-28(23-30(29)39-2)34-32(26-16-10-5-11-17-26)35-33(27)37-20-18-36(19-21-37)31(24-12-6-3-7-13-24)25-14-8-4-9-15-25/h3-4,6-9,12-15,22-23,26,31H,5,10-11,16-21H2,1-2H3. The van der Waals surface area contributed by atoms with E-state index in [1.807, 2.05) is 6.07 Å². The molecule has 1 aliphatic carbocycles. The van der Waals surface area contributed by atoms with E-state index < -0.39 is 0 Å². The Labute approximate surface area is 231 Å². The lowest BCUT2D eigenvalue weighted by Crippen LogP contribution is -2.48. The van der Waals surface area contributed by atoms with E-state index in [-0.39, 0.29) is 6.04 Å². The monoisotopic (exact) mass is 522 g/mol. The first-order chi connectivity index (χ1) is 19.2. The zero-order valence-corrected chi connectivity index (χ0v) is 23.1. The highest BCUT2D eigenvalue weighted by Gasteiger charge is 2.29. The van der Waals surface area contributed by atoms with Crippen LogP contribution < -0.4 is 14.4 Å². The largest absolute Gasteiger partial charge is 0.493 e. The third kappa shape index (κ3) is 5.30. The minimum atomic E-state index is 0.235. The molecule has 3 aromatic carbocycles. The Balaban J connectivity index is 1.33. The van der Waals surface area contributed by atoms with Crippen LogP contribution in [0.4, 0.5) is 5.82 Å². The Morgan fingerprint density at radius 2 is 1.31 bits per heavy atom. The molecule has 0 amide bonds. The van der Waals surface area contributed by atoms with Crippen LogP contribution in [-0.2, 0) is 0 Å². The lowest BCUT2D eigenvalue weighted by atomic mass is 9.88. The summed E-state index contributed by atoms with van der Waals surface area (Å²) in [7, 11) is 3.37. The third-order valence-electron chi connectivity index (χ3n) is 8.38. The summed E-state index contributed by atoms with van der Waals surface area (Å²) in [5, 5.41) is 1.03. The third-order valence-corrected chi connectivity index (χ3v) is 8.38. The fourth-order valence-corrected chi connectivity index (χ4v) is 6.32. The van der Waals surface area contributed by atoms with Gasteiger partial charge in [-0.3, -0.25) is 4.90 Å². The SMILES string of the molecule is COc1cc2nc(C3CCCCC3)nc(N3CCN(C(c4ccccc4)c4ccccc4)CC3)c2cc1OC. The number of nitrogens with zero attached hydrogens (tertiary/aromatic N) is 4. The van der Waals surface area contributed by atoms with E-state index in [4.69, 9.17) is 19.4 Å². The van der Waals surface area contributed by atoms with Crippen molar-refractivity contribution >= 4 is 16.7 Å². The molecule has 0 unspecified atom stereocenters. The lowest BCUT2D eigenvalue weighted by Gasteiger charge is -2.40. The molecule has 39 heavy (non-hydrogen) atoms. The summed E-state index contributed by atoms with van der Waals surface area (Å²) < 4.78 is 11.3. The van der Waals surface area contributed by atoms with Crippen molar-refractivity contribution in [3.63, 3.8) is 0 Å². The fraction of sp³-hybridized carbons (Fsp3) is 0.394. The van der Waals surface area contributed by atoms with Gasteiger partial charge >= 0.3 is 0 Å². The Morgan fingerprint density at radius 1 is 0.718 bits per heavy atom. The number of hydrogen-bond acceptors (Lipinski definition) is 6. The van der Waals surface area contributed by atoms with Gasteiger partial charge < -0.3 is 14.4 Å². The van der Waals surface area contributed by atoms with Crippen molar-refractivity contribution < 1.29 is 9.47 Å². The van der Waals surface area contributed by atoms with Crippen molar-refractivity contribution in [2.45, 2.75) is 44.1 Å². The Hall–Kier alpha value is -3.64. The second-order valence-electron chi connectivity index (χ2n) is 10.7. The van der Waals surface area contributed by atoms with Crippen molar-refractivity contribution in [2.75, 3.05) is 45.3 Å². The van der Waals surface area contributed by atoms with E-state index in [1.165, 1.54) is 43.2 Å². The molecule has 2 fully saturated rings. The van der Waals surface area contributed by atoms with Gasteiger partial charge in [0.15, 0.2) is 11.5 Å². The van der Waals surface area contributed by atoms with E-state index in [2.05, 4.69) is 76.5 Å². The number of benzene rings is 3. The number of hydrogen-bond donors (Lipinski definition) is 0. The second-order valence-corrected chi connectivity index (χ2v) is 10.7. The minimum Gasteiger partial charge on any atom is -0.493 e. The molecule has 1 saturated heterocycles. The van der Waals surface area contributed by atoms with Gasteiger partial charge in [0, 0.05) is 43.5 Å². The Morgan fingerprint density at radius 3 is 1.90 bits per heavy atom. The smallest absolute Gasteiger partial charge is 0.162 e. The highest BCUT2D eigenvalue weighted by molar-refractivity contribution is 5.92. The molecule has 0 spiro atoms. The molecule has 4 aromatic rings. The molecule has 2 aliphatic rings. The molecule has 1 saturated carbocycles. The lowest BCUT2D eigenvalue weighted by molar-refractivity contribution is 0.212. The van der Waals surface area contributed by atoms with Crippen LogP contribution in [0.2, 0.25) is 0 Å². The first-order valence-corrected chi connectivity index (χ1v) is 14.3. The fourth-order valence-electron chi connectivity index (χ4n) is 6.32. The first kappa shape index (κ1) is 25.6. The summed E-state index contributed by atoms with van der Waals surface area (Å²) >= 11 is 0. The molecular formula is C33H38N4O2. The highest BCUT2D eigenvalue weighted by Crippen LogP contribution is 2.39. The number of rotatable bonds is 7. The van der Waals surface area contributed by atoms with Gasteiger partial charge in [-0.2, -0.15) is 0 Å². The molecule has 1 aromatic heterocycles. The molecule has 6 nitrogen and oxygen atoms in total. The topological polar surface area (TPSA) is 50.7 Å². The van der Waals surface area contributed by atoms with Crippen LogP contribution in [0.1, 0.15) is 61.0 Å². The molecule has 0 N–H and O–H groups in total. The van der Waals surface area contributed by atoms with Gasteiger partial charge in [0.2, 0.25) is 0 Å². The van der Waals surface area contributed by atoms with Gasteiger partial charge in [-0.15, -0.1) is 0 Å². The predicted octanol–water partition coefficient (Wildman–Crippen LogP) is 6.61. The Kier molecular flexibility index (Phi) is 7.64. The molecule has 202 valence electrons. The number of anilines is 1. The van der Waals surface area contributed by atoms with Gasteiger partial charge in [-0.05, 0) is 30.0 Å².